The number of hydrogen-bond donors (Lipinski definition) is 1. The van der Waals surface area contributed by atoms with E-state index in [9.17, 15) is 18.0 Å². The summed E-state index contributed by atoms with van der Waals surface area (Å²) in [7, 11) is 0. The molecule has 1 heterocycles. The Labute approximate surface area is 96.0 Å². The van der Waals surface area contributed by atoms with Crippen LogP contribution >= 0.6 is 0 Å². The van der Waals surface area contributed by atoms with Crippen LogP contribution < -0.4 is 10.6 Å². The number of amides is 1. The Morgan fingerprint density at radius 1 is 1.41 bits per heavy atom. The maximum Gasteiger partial charge on any atom is 0.416 e. The number of hydrogen-bond acceptors (Lipinski definition) is 2. The number of alkyl halides is 3. The summed E-state index contributed by atoms with van der Waals surface area (Å²) in [5.74, 6) is -0.546. The highest BCUT2D eigenvalue weighted by atomic mass is 19.4. The van der Waals surface area contributed by atoms with E-state index in [2.05, 4.69) is 0 Å². The molecular formula is C11H11F3N2O. The average molecular weight is 244 g/mol. The Hall–Kier alpha value is -1.72. The SMILES string of the molecule is NC(=O)CN1CCc2c1cccc2C(F)(F)F. The second-order valence-electron chi connectivity index (χ2n) is 3.94. The number of nitrogens with two attached hydrogens (primary N) is 1. The van der Waals surface area contributed by atoms with Crippen LogP contribution in [0.5, 0.6) is 0 Å². The van der Waals surface area contributed by atoms with Crippen molar-refractivity contribution in [2.45, 2.75) is 12.6 Å². The number of benzene rings is 1. The fourth-order valence-corrected chi connectivity index (χ4v) is 2.12. The second kappa shape index (κ2) is 3.94. The van der Waals surface area contributed by atoms with E-state index in [1.807, 2.05) is 0 Å². The molecule has 1 aliphatic rings. The van der Waals surface area contributed by atoms with Gasteiger partial charge in [-0.25, -0.2) is 0 Å². The van der Waals surface area contributed by atoms with Crippen LogP contribution in [0.1, 0.15) is 11.1 Å². The Kier molecular flexibility index (Phi) is 2.73. The predicted molar refractivity (Wildman–Crippen MR) is 56.6 cm³/mol. The summed E-state index contributed by atoms with van der Waals surface area (Å²) in [4.78, 5) is 12.4. The normalized spacial score (nSPS) is 14.9. The minimum absolute atomic E-state index is 0.0473. The van der Waals surface area contributed by atoms with Crippen molar-refractivity contribution in [2.24, 2.45) is 5.73 Å². The van der Waals surface area contributed by atoms with Crippen molar-refractivity contribution in [3.63, 3.8) is 0 Å². The lowest BCUT2D eigenvalue weighted by molar-refractivity contribution is -0.138. The number of halogens is 3. The standard InChI is InChI=1S/C11H11F3N2O/c12-11(13,14)8-2-1-3-9-7(8)4-5-16(9)6-10(15)17/h1-3H,4-6H2,(H2,15,17). The Balaban J connectivity index is 2.39. The highest BCUT2D eigenvalue weighted by Gasteiger charge is 2.36. The third-order valence-electron chi connectivity index (χ3n) is 2.78. The van der Waals surface area contributed by atoms with E-state index in [-0.39, 0.29) is 18.5 Å². The monoisotopic (exact) mass is 244 g/mol. The van der Waals surface area contributed by atoms with Gasteiger partial charge in [0, 0.05) is 12.2 Å². The molecular weight excluding hydrogens is 233 g/mol. The van der Waals surface area contributed by atoms with E-state index < -0.39 is 17.6 Å². The molecule has 1 aliphatic heterocycles. The van der Waals surface area contributed by atoms with Crippen molar-refractivity contribution < 1.29 is 18.0 Å². The zero-order valence-electron chi connectivity index (χ0n) is 8.92. The summed E-state index contributed by atoms with van der Waals surface area (Å²) >= 11 is 0. The molecule has 0 aliphatic carbocycles. The molecule has 0 atom stereocenters. The van der Waals surface area contributed by atoms with E-state index in [1.54, 1.807) is 11.0 Å². The second-order valence-corrected chi connectivity index (χ2v) is 3.94. The van der Waals surface area contributed by atoms with Gasteiger partial charge < -0.3 is 10.6 Å². The van der Waals surface area contributed by atoms with Crippen molar-refractivity contribution >= 4 is 11.6 Å². The molecule has 0 bridgehead atoms. The first-order valence-corrected chi connectivity index (χ1v) is 5.12. The molecule has 0 unspecified atom stereocenters. The molecule has 2 rings (SSSR count). The van der Waals surface area contributed by atoms with Crippen molar-refractivity contribution in [3.05, 3.63) is 29.3 Å². The number of primary amides is 1. The molecule has 0 aromatic heterocycles. The Morgan fingerprint density at radius 3 is 2.71 bits per heavy atom. The molecule has 92 valence electrons. The fraction of sp³-hybridized carbons (Fsp3) is 0.364. The van der Waals surface area contributed by atoms with E-state index in [0.29, 0.717) is 12.2 Å². The molecule has 0 radical (unpaired) electrons. The summed E-state index contributed by atoms with van der Waals surface area (Å²) in [5, 5.41) is 0. The Morgan fingerprint density at radius 2 is 2.12 bits per heavy atom. The predicted octanol–water partition coefficient (Wildman–Crippen LogP) is 1.55. The van der Waals surface area contributed by atoms with Gasteiger partial charge in [0.05, 0.1) is 12.1 Å². The minimum Gasteiger partial charge on any atom is -0.368 e. The van der Waals surface area contributed by atoms with Crippen molar-refractivity contribution in [1.82, 2.24) is 0 Å². The number of anilines is 1. The van der Waals surface area contributed by atoms with Gasteiger partial charge in [-0.1, -0.05) is 6.07 Å². The summed E-state index contributed by atoms with van der Waals surface area (Å²) < 4.78 is 38.2. The zero-order chi connectivity index (χ0) is 12.6. The van der Waals surface area contributed by atoms with Gasteiger partial charge in [0.1, 0.15) is 0 Å². The molecule has 0 saturated heterocycles. The number of carbonyl (C=O) groups is 1. The van der Waals surface area contributed by atoms with Gasteiger partial charge in [0.2, 0.25) is 5.91 Å². The minimum atomic E-state index is -4.35. The van der Waals surface area contributed by atoms with Gasteiger partial charge in [0.25, 0.3) is 0 Å². The highest BCUT2D eigenvalue weighted by molar-refractivity contribution is 5.80. The molecule has 1 aromatic carbocycles. The summed E-state index contributed by atoms with van der Waals surface area (Å²) in [6, 6.07) is 3.99. The fourth-order valence-electron chi connectivity index (χ4n) is 2.12. The number of nitrogens with zero attached hydrogens (tertiary/aromatic N) is 1. The lowest BCUT2D eigenvalue weighted by Gasteiger charge is -2.18. The first kappa shape index (κ1) is 11.8. The lowest BCUT2D eigenvalue weighted by atomic mass is 10.0. The lowest BCUT2D eigenvalue weighted by Crippen LogP contribution is -2.32. The topological polar surface area (TPSA) is 46.3 Å². The van der Waals surface area contributed by atoms with Crippen molar-refractivity contribution in [1.29, 1.82) is 0 Å². The first-order valence-electron chi connectivity index (χ1n) is 5.12. The smallest absolute Gasteiger partial charge is 0.368 e. The molecule has 3 nitrogen and oxygen atoms in total. The number of fused-ring (bicyclic) bond motifs is 1. The summed E-state index contributed by atoms with van der Waals surface area (Å²) in [5.41, 5.74) is 5.14. The maximum atomic E-state index is 12.7. The molecule has 1 aromatic rings. The maximum absolute atomic E-state index is 12.7. The van der Waals surface area contributed by atoms with Gasteiger partial charge >= 0.3 is 6.18 Å². The van der Waals surface area contributed by atoms with Crippen LogP contribution in [-0.2, 0) is 17.4 Å². The van der Waals surface area contributed by atoms with E-state index in [1.165, 1.54) is 6.07 Å². The Bertz CT molecular complexity index is 457. The van der Waals surface area contributed by atoms with Crippen molar-refractivity contribution in [3.8, 4) is 0 Å². The molecule has 0 fully saturated rings. The summed E-state index contributed by atoms with van der Waals surface area (Å²) in [6.07, 6.45) is -4.06. The van der Waals surface area contributed by atoms with Gasteiger partial charge in [-0.3, -0.25) is 4.79 Å². The zero-order valence-corrected chi connectivity index (χ0v) is 8.92. The molecule has 17 heavy (non-hydrogen) atoms. The van der Waals surface area contributed by atoms with Crippen molar-refractivity contribution in [2.75, 3.05) is 18.0 Å². The largest absolute Gasteiger partial charge is 0.416 e. The number of carbonyl (C=O) groups excluding carboxylic acids is 1. The molecule has 0 saturated carbocycles. The van der Waals surface area contributed by atoms with Crippen LogP contribution in [0.25, 0.3) is 0 Å². The van der Waals surface area contributed by atoms with Crippen LogP contribution in [0.4, 0.5) is 18.9 Å². The molecule has 6 heteroatoms. The molecule has 2 N–H and O–H groups in total. The third kappa shape index (κ3) is 2.20. The van der Waals surface area contributed by atoms with E-state index >= 15 is 0 Å². The third-order valence-corrected chi connectivity index (χ3v) is 2.78. The van der Waals surface area contributed by atoms with Crippen LogP contribution in [0.15, 0.2) is 18.2 Å². The van der Waals surface area contributed by atoms with Gasteiger partial charge in [0.15, 0.2) is 0 Å². The molecule has 0 spiro atoms. The van der Waals surface area contributed by atoms with Crippen LogP contribution in [0, 0.1) is 0 Å². The van der Waals surface area contributed by atoms with Crippen LogP contribution in [0.3, 0.4) is 0 Å². The van der Waals surface area contributed by atoms with E-state index in [4.69, 9.17) is 5.73 Å². The van der Waals surface area contributed by atoms with Gasteiger partial charge in [-0.15, -0.1) is 0 Å². The number of rotatable bonds is 2. The average Bonchev–Trinajstić information content (AvgIpc) is 2.59. The quantitative estimate of drug-likeness (QED) is 0.858. The van der Waals surface area contributed by atoms with Crippen LogP contribution in [0.2, 0.25) is 0 Å². The highest BCUT2D eigenvalue weighted by Crippen LogP contribution is 2.39. The molecule has 1 amide bonds. The van der Waals surface area contributed by atoms with Gasteiger partial charge in [-0.05, 0) is 24.1 Å². The summed E-state index contributed by atoms with van der Waals surface area (Å²) in [6.45, 7) is 0.347. The van der Waals surface area contributed by atoms with Crippen LogP contribution in [-0.4, -0.2) is 19.0 Å². The first-order chi connectivity index (χ1) is 7.89. The van der Waals surface area contributed by atoms with Gasteiger partial charge in [-0.2, -0.15) is 13.2 Å². The van der Waals surface area contributed by atoms with E-state index in [0.717, 1.165) is 6.07 Å².